The number of rotatable bonds is 3. The van der Waals surface area contributed by atoms with Gasteiger partial charge < -0.3 is 0 Å². The molecule has 0 heterocycles. The van der Waals surface area contributed by atoms with Gasteiger partial charge in [-0.2, -0.15) is 0 Å². The Morgan fingerprint density at radius 1 is 1.42 bits per heavy atom. The number of halogens is 1. The van der Waals surface area contributed by atoms with Gasteiger partial charge in [-0.25, -0.2) is 0 Å². The van der Waals surface area contributed by atoms with Crippen LogP contribution in [0.5, 0.6) is 0 Å². The van der Waals surface area contributed by atoms with Crippen molar-refractivity contribution in [2.45, 2.75) is 18.2 Å². The van der Waals surface area contributed by atoms with Gasteiger partial charge in [-0.15, -0.1) is 0 Å². The lowest BCUT2D eigenvalue weighted by atomic mass is 10.1. The SMILES string of the molecule is CC(=O)C(Br)Cc1ccccc1. The number of carbonyl (C=O) groups excluding carboxylic acids is 1. The first-order valence-corrected chi connectivity index (χ1v) is 4.80. The summed E-state index contributed by atoms with van der Waals surface area (Å²) >= 11 is 3.33. The number of carbonyl (C=O) groups is 1. The Morgan fingerprint density at radius 2 is 2.00 bits per heavy atom. The Bertz CT molecular complexity index is 256. The molecule has 1 unspecified atom stereocenters. The number of ketones is 1. The van der Waals surface area contributed by atoms with Crippen LogP contribution >= 0.6 is 15.9 Å². The summed E-state index contributed by atoms with van der Waals surface area (Å²) in [6.45, 7) is 1.60. The van der Waals surface area contributed by atoms with Crippen LogP contribution in [0.3, 0.4) is 0 Å². The average Bonchev–Trinajstić information content (AvgIpc) is 2.06. The zero-order chi connectivity index (χ0) is 8.97. The lowest BCUT2D eigenvalue weighted by molar-refractivity contribution is -0.116. The maximum Gasteiger partial charge on any atom is 0.143 e. The molecule has 12 heavy (non-hydrogen) atoms. The van der Waals surface area contributed by atoms with Crippen LogP contribution in [-0.4, -0.2) is 10.6 Å². The fraction of sp³-hybridized carbons (Fsp3) is 0.300. The van der Waals surface area contributed by atoms with E-state index in [-0.39, 0.29) is 10.6 Å². The average molecular weight is 227 g/mol. The van der Waals surface area contributed by atoms with Gasteiger partial charge in [0, 0.05) is 0 Å². The van der Waals surface area contributed by atoms with E-state index in [4.69, 9.17) is 0 Å². The number of Topliss-reactive ketones (excluding diaryl/α,β-unsaturated/α-hetero) is 1. The zero-order valence-corrected chi connectivity index (χ0v) is 8.54. The molecule has 0 saturated carbocycles. The number of hydrogen-bond donors (Lipinski definition) is 0. The van der Waals surface area contributed by atoms with Crippen molar-refractivity contribution in [3.63, 3.8) is 0 Å². The van der Waals surface area contributed by atoms with Crippen molar-refractivity contribution < 1.29 is 4.79 Å². The van der Waals surface area contributed by atoms with E-state index >= 15 is 0 Å². The second-order valence-corrected chi connectivity index (χ2v) is 3.87. The third-order valence-corrected chi connectivity index (χ3v) is 2.67. The highest BCUT2D eigenvalue weighted by molar-refractivity contribution is 9.10. The monoisotopic (exact) mass is 226 g/mol. The van der Waals surface area contributed by atoms with Crippen molar-refractivity contribution >= 4 is 21.7 Å². The molecule has 2 heteroatoms. The highest BCUT2D eigenvalue weighted by Crippen LogP contribution is 2.10. The molecule has 0 saturated heterocycles. The minimum absolute atomic E-state index is 0.0418. The molecule has 1 atom stereocenters. The van der Waals surface area contributed by atoms with Crippen LogP contribution in [-0.2, 0) is 11.2 Å². The summed E-state index contributed by atoms with van der Waals surface area (Å²) in [5, 5.41) is 0. The fourth-order valence-electron chi connectivity index (χ4n) is 0.965. The van der Waals surface area contributed by atoms with E-state index in [9.17, 15) is 4.79 Å². The van der Waals surface area contributed by atoms with Crippen molar-refractivity contribution in [2.24, 2.45) is 0 Å². The highest BCUT2D eigenvalue weighted by Gasteiger charge is 2.09. The van der Waals surface area contributed by atoms with Crippen LogP contribution < -0.4 is 0 Å². The maximum absolute atomic E-state index is 10.9. The van der Waals surface area contributed by atoms with Gasteiger partial charge in [0.05, 0.1) is 4.83 Å². The Morgan fingerprint density at radius 3 is 2.50 bits per heavy atom. The molecule has 0 aliphatic heterocycles. The van der Waals surface area contributed by atoms with Crippen molar-refractivity contribution in [1.29, 1.82) is 0 Å². The number of benzene rings is 1. The van der Waals surface area contributed by atoms with Crippen molar-refractivity contribution in [2.75, 3.05) is 0 Å². The van der Waals surface area contributed by atoms with Gasteiger partial charge in [0.1, 0.15) is 5.78 Å². The first-order valence-electron chi connectivity index (χ1n) is 3.88. The van der Waals surface area contributed by atoms with Crippen LogP contribution in [0.1, 0.15) is 12.5 Å². The molecule has 0 amide bonds. The summed E-state index contributed by atoms with van der Waals surface area (Å²) in [5.41, 5.74) is 1.19. The molecule has 1 rings (SSSR count). The zero-order valence-electron chi connectivity index (χ0n) is 6.96. The van der Waals surface area contributed by atoms with Gasteiger partial charge in [0.15, 0.2) is 0 Å². The quantitative estimate of drug-likeness (QED) is 0.725. The molecule has 0 N–H and O–H groups in total. The molecule has 0 aliphatic carbocycles. The smallest absolute Gasteiger partial charge is 0.143 e. The summed E-state index contributed by atoms with van der Waals surface area (Å²) in [5.74, 6) is 0.179. The van der Waals surface area contributed by atoms with Crippen LogP contribution in [0, 0.1) is 0 Å². The van der Waals surface area contributed by atoms with Crippen molar-refractivity contribution in [1.82, 2.24) is 0 Å². The van der Waals surface area contributed by atoms with E-state index in [2.05, 4.69) is 15.9 Å². The molecule has 0 bridgehead atoms. The Labute approximate surface area is 80.9 Å². The van der Waals surface area contributed by atoms with E-state index in [1.165, 1.54) is 5.56 Å². The summed E-state index contributed by atoms with van der Waals surface area (Å²) in [6.07, 6.45) is 0.774. The van der Waals surface area contributed by atoms with Crippen LogP contribution in [0.2, 0.25) is 0 Å². The molecule has 1 aromatic rings. The summed E-state index contributed by atoms with van der Waals surface area (Å²) in [7, 11) is 0. The molecule has 64 valence electrons. The minimum Gasteiger partial charge on any atom is -0.299 e. The van der Waals surface area contributed by atoms with Gasteiger partial charge in [0.2, 0.25) is 0 Å². The van der Waals surface area contributed by atoms with Crippen molar-refractivity contribution in [3.05, 3.63) is 35.9 Å². The highest BCUT2D eigenvalue weighted by atomic mass is 79.9. The second-order valence-electron chi connectivity index (χ2n) is 2.77. The van der Waals surface area contributed by atoms with E-state index < -0.39 is 0 Å². The summed E-state index contributed by atoms with van der Waals surface area (Å²) in [6, 6.07) is 9.99. The molecule has 0 aliphatic rings. The molecular weight excluding hydrogens is 216 g/mol. The second kappa shape index (κ2) is 4.41. The predicted molar refractivity (Wildman–Crippen MR) is 53.5 cm³/mol. The van der Waals surface area contributed by atoms with Gasteiger partial charge in [-0.3, -0.25) is 4.79 Å². The van der Waals surface area contributed by atoms with Crippen LogP contribution in [0.15, 0.2) is 30.3 Å². The standard InChI is InChI=1S/C10H11BrO/c1-8(12)10(11)7-9-5-3-2-4-6-9/h2-6,10H,7H2,1H3. The van der Waals surface area contributed by atoms with Gasteiger partial charge in [-0.1, -0.05) is 46.3 Å². The molecule has 0 aromatic heterocycles. The summed E-state index contributed by atoms with van der Waals surface area (Å²) < 4.78 is 0. The first kappa shape index (κ1) is 9.46. The van der Waals surface area contributed by atoms with Crippen molar-refractivity contribution in [3.8, 4) is 0 Å². The van der Waals surface area contributed by atoms with E-state index in [1.54, 1.807) is 6.92 Å². The van der Waals surface area contributed by atoms with Gasteiger partial charge in [0.25, 0.3) is 0 Å². The Hall–Kier alpha value is -0.630. The molecule has 0 radical (unpaired) electrons. The molecule has 0 fully saturated rings. The van der Waals surface area contributed by atoms with E-state index in [0.29, 0.717) is 0 Å². The topological polar surface area (TPSA) is 17.1 Å². The van der Waals surface area contributed by atoms with Gasteiger partial charge in [-0.05, 0) is 18.9 Å². The lowest BCUT2D eigenvalue weighted by Crippen LogP contribution is -2.12. The van der Waals surface area contributed by atoms with Gasteiger partial charge >= 0.3 is 0 Å². The molecule has 0 spiro atoms. The third-order valence-electron chi connectivity index (χ3n) is 1.70. The number of hydrogen-bond acceptors (Lipinski definition) is 1. The summed E-state index contributed by atoms with van der Waals surface area (Å²) in [4.78, 5) is 10.9. The minimum atomic E-state index is -0.0418. The molecule has 1 nitrogen and oxygen atoms in total. The third kappa shape index (κ3) is 2.78. The lowest BCUT2D eigenvalue weighted by Gasteiger charge is -2.04. The molecular formula is C10H11BrO. The van der Waals surface area contributed by atoms with Crippen LogP contribution in [0.25, 0.3) is 0 Å². The first-order chi connectivity index (χ1) is 5.70. The fourth-order valence-corrected chi connectivity index (χ4v) is 1.34. The predicted octanol–water partition coefficient (Wildman–Crippen LogP) is 2.58. The Kier molecular flexibility index (Phi) is 3.48. The Balaban J connectivity index is 2.58. The van der Waals surface area contributed by atoms with E-state index in [0.717, 1.165) is 6.42 Å². The normalized spacial score (nSPS) is 12.5. The molecule has 1 aromatic carbocycles. The van der Waals surface area contributed by atoms with E-state index in [1.807, 2.05) is 30.3 Å². The number of alkyl halides is 1. The maximum atomic E-state index is 10.9. The largest absolute Gasteiger partial charge is 0.299 e. The van der Waals surface area contributed by atoms with Crippen LogP contribution in [0.4, 0.5) is 0 Å².